The lowest BCUT2D eigenvalue weighted by Crippen LogP contribution is -2.27. The van der Waals surface area contributed by atoms with E-state index in [1.807, 2.05) is 30.5 Å². The van der Waals surface area contributed by atoms with E-state index in [1.165, 1.54) is 16.5 Å². The number of nitrogens with zero attached hydrogens (tertiary/aromatic N) is 2. The molecule has 2 aromatic carbocycles. The van der Waals surface area contributed by atoms with Gasteiger partial charge in [-0.2, -0.15) is 0 Å². The number of fused-ring (bicyclic) bond motifs is 1. The molecule has 0 radical (unpaired) electrons. The molecule has 4 rings (SSSR count). The molecule has 4 aromatic rings. The predicted octanol–water partition coefficient (Wildman–Crippen LogP) is 4.16. The zero-order valence-corrected chi connectivity index (χ0v) is 17.2. The van der Waals surface area contributed by atoms with Crippen LogP contribution in [0.2, 0.25) is 0 Å². The van der Waals surface area contributed by atoms with Gasteiger partial charge in [0.1, 0.15) is 17.3 Å². The molecular formula is C24H25N5O. The van der Waals surface area contributed by atoms with Crippen molar-refractivity contribution in [1.82, 2.24) is 20.3 Å². The van der Waals surface area contributed by atoms with Gasteiger partial charge >= 0.3 is 0 Å². The second-order valence-electron chi connectivity index (χ2n) is 7.39. The van der Waals surface area contributed by atoms with Crippen LogP contribution in [0.4, 0.5) is 5.82 Å². The minimum atomic E-state index is -0.195. The summed E-state index contributed by atoms with van der Waals surface area (Å²) in [5, 5.41) is 7.44. The highest BCUT2D eigenvalue weighted by atomic mass is 16.1. The van der Waals surface area contributed by atoms with Crippen LogP contribution in [0.3, 0.4) is 0 Å². The van der Waals surface area contributed by atoms with Crippen LogP contribution in [-0.2, 0) is 13.0 Å². The molecule has 0 aliphatic heterocycles. The van der Waals surface area contributed by atoms with Crippen LogP contribution in [0.25, 0.3) is 10.9 Å². The molecule has 6 heteroatoms. The summed E-state index contributed by atoms with van der Waals surface area (Å²) in [6.45, 7) is 5.03. The van der Waals surface area contributed by atoms with Crippen LogP contribution in [0, 0.1) is 13.8 Å². The van der Waals surface area contributed by atoms with Gasteiger partial charge in [0.2, 0.25) is 0 Å². The number of nitrogens with one attached hydrogen (secondary N) is 3. The molecule has 0 aliphatic carbocycles. The molecule has 0 aliphatic rings. The average Bonchev–Trinajstić information content (AvgIpc) is 3.15. The first kappa shape index (κ1) is 19.6. The maximum absolute atomic E-state index is 12.6. The second kappa shape index (κ2) is 8.78. The number of carbonyl (C=O) groups is 1. The highest BCUT2D eigenvalue weighted by Gasteiger charge is 2.11. The fourth-order valence-electron chi connectivity index (χ4n) is 3.53. The molecule has 0 unspecified atom stereocenters. The smallest absolute Gasteiger partial charge is 0.270 e. The van der Waals surface area contributed by atoms with E-state index in [4.69, 9.17) is 0 Å². The Kier molecular flexibility index (Phi) is 5.75. The molecule has 0 bridgehead atoms. The summed E-state index contributed by atoms with van der Waals surface area (Å²) in [5.41, 5.74) is 5.03. The van der Waals surface area contributed by atoms with E-state index in [2.05, 4.69) is 56.8 Å². The van der Waals surface area contributed by atoms with Crippen molar-refractivity contribution in [3.05, 3.63) is 89.0 Å². The Morgan fingerprint density at radius 3 is 2.77 bits per heavy atom. The van der Waals surface area contributed by atoms with E-state index in [0.717, 1.165) is 17.5 Å². The van der Waals surface area contributed by atoms with E-state index >= 15 is 0 Å². The van der Waals surface area contributed by atoms with Crippen molar-refractivity contribution in [2.45, 2.75) is 26.8 Å². The van der Waals surface area contributed by atoms with E-state index in [-0.39, 0.29) is 5.91 Å². The van der Waals surface area contributed by atoms with Crippen LogP contribution in [0.5, 0.6) is 0 Å². The van der Waals surface area contributed by atoms with Gasteiger partial charge in [0.05, 0.1) is 0 Å². The van der Waals surface area contributed by atoms with Crippen LogP contribution < -0.4 is 10.6 Å². The SMILES string of the molecule is Cc1cccc(CNc2cc(C(=O)NCCc3c[nH]c4ccccc34)nc(C)n2)c1. The minimum Gasteiger partial charge on any atom is -0.366 e. The highest BCUT2D eigenvalue weighted by molar-refractivity contribution is 5.93. The van der Waals surface area contributed by atoms with Crippen LogP contribution in [0.1, 0.15) is 33.0 Å². The predicted molar refractivity (Wildman–Crippen MR) is 120 cm³/mol. The van der Waals surface area contributed by atoms with E-state index in [1.54, 1.807) is 13.0 Å². The number of carbonyl (C=O) groups excluding carboxylic acids is 1. The molecule has 0 spiro atoms. The number of H-pyrrole nitrogens is 1. The standard InChI is InChI=1S/C24H25N5O/c1-16-6-5-7-18(12-16)14-27-23-13-22(28-17(2)29-23)24(30)25-11-10-19-15-26-21-9-4-3-8-20(19)21/h3-9,12-13,15,26H,10-11,14H2,1-2H3,(H,25,30)(H,27,28,29). The zero-order chi connectivity index (χ0) is 20.9. The van der Waals surface area contributed by atoms with Crippen molar-refractivity contribution in [3.63, 3.8) is 0 Å². The van der Waals surface area contributed by atoms with Crippen LogP contribution in [0.15, 0.2) is 60.8 Å². The van der Waals surface area contributed by atoms with Gasteiger partial charge in [0, 0.05) is 36.3 Å². The third kappa shape index (κ3) is 4.66. The number of para-hydroxylation sites is 1. The first-order valence-corrected chi connectivity index (χ1v) is 10.1. The monoisotopic (exact) mass is 399 g/mol. The number of hydrogen-bond acceptors (Lipinski definition) is 4. The van der Waals surface area contributed by atoms with Gasteiger partial charge in [-0.15, -0.1) is 0 Å². The average molecular weight is 399 g/mol. The Bertz CT molecular complexity index is 1180. The van der Waals surface area contributed by atoms with Gasteiger partial charge in [-0.05, 0) is 37.5 Å². The van der Waals surface area contributed by atoms with Gasteiger partial charge in [0.15, 0.2) is 0 Å². The van der Waals surface area contributed by atoms with Crippen molar-refractivity contribution in [3.8, 4) is 0 Å². The largest absolute Gasteiger partial charge is 0.366 e. The van der Waals surface area contributed by atoms with Gasteiger partial charge < -0.3 is 15.6 Å². The second-order valence-corrected chi connectivity index (χ2v) is 7.39. The quantitative estimate of drug-likeness (QED) is 0.436. The molecule has 2 aromatic heterocycles. The molecule has 30 heavy (non-hydrogen) atoms. The van der Waals surface area contributed by atoms with Gasteiger partial charge in [-0.1, -0.05) is 48.0 Å². The first-order valence-electron chi connectivity index (χ1n) is 10.1. The molecule has 0 fully saturated rings. The molecule has 0 saturated carbocycles. The Morgan fingerprint density at radius 2 is 1.90 bits per heavy atom. The number of benzene rings is 2. The maximum Gasteiger partial charge on any atom is 0.270 e. The van der Waals surface area contributed by atoms with Gasteiger partial charge in [-0.3, -0.25) is 4.79 Å². The summed E-state index contributed by atoms with van der Waals surface area (Å²) in [4.78, 5) is 24.6. The Labute approximate surface area is 175 Å². The first-order chi connectivity index (χ1) is 14.6. The third-order valence-electron chi connectivity index (χ3n) is 4.98. The molecule has 1 amide bonds. The molecule has 152 valence electrons. The fourth-order valence-corrected chi connectivity index (χ4v) is 3.53. The highest BCUT2D eigenvalue weighted by Crippen LogP contribution is 2.17. The maximum atomic E-state index is 12.6. The summed E-state index contributed by atoms with van der Waals surface area (Å²) >= 11 is 0. The number of aryl methyl sites for hydroxylation is 2. The van der Waals surface area contributed by atoms with E-state index < -0.39 is 0 Å². The topological polar surface area (TPSA) is 82.7 Å². The summed E-state index contributed by atoms with van der Waals surface area (Å²) in [6, 6.07) is 18.1. The summed E-state index contributed by atoms with van der Waals surface area (Å²) in [5.74, 6) is 1.01. The van der Waals surface area contributed by atoms with Crippen LogP contribution in [-0.4, -0.2) is 27.4 Å². The summed E-state index contributed by atoms with van der Waals surface area (Å²) in [6.07, 6.45) is 2.75. The number of rotatable bonds is 7. The fraction of sp³-hybridized carbons (Fsp3) is 0.208. The minimum absolute atomic E-state index is 0.195. The van der Waals surface area contributed by atoms with Crippen molar-refractivity contribution < 1.29 is 4.79 Å². The molecule has 0 atom stereocenters. The zero-order valence-electron chi connectivity index (χ0n) is 17.2. The summed E-state index contributed by atoms with van der Waals surface area (Å²) in [7, 11) is 0. The Hall–Kier alpha value is -3.67. The molecule has 0 saturated heterocycles. The van der Waals surface area contributed by atoms with Crippen molar-refractivity contribution >= 4 is 22.6 Å². The lowest BCUT2D eigenvalue weighted by molar-refractivity contribution is 0.0949. The van der Waals surface area contributed by atoms with Crippen molar-refractivity contribution in [2.24, 2.45) is 0 Å². The molecule has 6 nitrogen and oxygen atoms in total. The lowest BCUT2D eigenvalue weighted by Gasteiger charge is -2.10. The molecule has 2 heterocycles. The Morgan fingerprint density at radius 1 is 1.03 bits per heavy atom. The Balaban J connectivity index is 1.37. The number of aromatic nitrogens is 3. The number of amides is 1. The third-order valence-corrected chi connectivity index (χ3v) is 4.98. The number of aromatic amines is 1. The van der Waals surface area contributed by atoms with Crippen LogP contribution >= 0.6 is 0 Å². The number of hydrogen-bond donors (Lipinski definition) is 3. The van der Waals surface area contributed by atoms with E-state index in [0.29, 0.717) is 30.4 Å². The molecular weight excluding hydrogens is 374 g/mol. The van der Waals surface area contributed by atoms with Gasteiger partial charge in [-0.25, -0.2) is 9.97 Å². The number of anilines is 1. The van der Waals surface area contributed by atoms with E-state index in [9.17, 15) is 4.79 Å². The lowest BCUT2D eigenvalue weighted by atomic mass is 10.1. The van der Waals surface area contributed by atoms with Gasteiger partial charge in [0.25, 0.3) is 5.91 Å². The van der Waals surface area contributed by atoms with Crippen molar-refractivity contribution in [1.29, 1.82) is 0 Å². The molecule has 3 N–H and O–H groups in total. The van der Waals surface area contributed by atoms with Crippen molar-refractivity contribution in [2.75, 3.05) is 11.9 Å². The summed E-state index contributed by atoms with van der Waals surface area (Å²) < 4.78 is 0. The normalized spacial score (nSPS) is 10.9.